The third-order valence-electron chi connectivity index (χ3n) is 4.32. The van der Waals surface area contributed by atoms with E-state index in [4.69, 9.17) is 21.7 Å². The first-order valence-electron chi connectivity index (χ1n) is 8.26. The first-order chi connectivity index (χ1) is 12.2. The molecule has 4 nitrogen and oxygen atoms in total. The number of halogens is 1. The van der Waals surface area contributed by atoms with Crippen molar-refractivity contribution in [1.29, 1.82) is 0 Å². The minimum Gasteiger partial charge on any atom is -0.396 e. The van der Waals surface area contributed by atoms with Crippen molar-refractivity contribution in [3.63, 3.8) is 0 Å². The maximum absolute atomic E-state index is 9.16. The fourth-order valence-corrected chi connectivity index (χ4v) is 4.64. The number of thiophene rings is 1. The number of nitrogens with zero attached hydrogens (tertiary/aromatic N) is 3. The number of aliphatic hydroxyl groups excluding tert-OH is 1. The third-order valence-corrected chi connectivity index (χ3v) is 5.83. The zero-order valence-corrected chi connectivity index (χ0v) is 15.4. The van der Waals surface area contributed by atoms with Crippen LogP contribution in [0.1, 0.15) is 33.9 Å². The maximum atomic E-state index is 9.16. The molecule has 0 unspecified atom stereocenters. The molecule has 0 bridgehead atoms. The smallest absolute Gasteiger partial charge is 0.135 e. The van der Waals surface area contributed by atoms with E-state index in [1.54, 1.807) is 11.3 Å². The lowest BCUT2D eigenvalue weighted by Gasteiger charge is -2.09. The van der Waals surface area contributed by atoms with Gasteiger partial charge in [-0.05, 0) is 31.9 Å². The van der Waals surface area contributed by atoms with Gasteiger partial charge in [0.25, 0.3) is 0 Å². The first-order valence-corrected chi connectivity index (χ1v) is 9.45. The van der Waals surface area contributed by atoms with Gasteiger partial charge in [-0.2, -0.15) is 0 Å². The molecule has 1 aromatic carbocycles. The van der Waals surface area contributed by atoms with E-state index in [9.17, 15) is 0 Å². The number of rotatable bonds is 4. The van der Waals surface area contributed by atoms with Crippen molar-refractivity contribution in [3.8, 4) is 5.00 Å². The summed E-state index contributed by atoms with van der Waals surface area (Å²) in [4.78, 5) is 10.6. The van der Waals surface area contributed by atoms with E-state index in [0.29, 0.717) is 11.6 Å². The van der Waals surface area contributed by atoms with Crippen LogP contribution in [0.25, 0.3) is 5.00 Å². The average Bonchev–Trinajstić information content (AvgIpc) is 3.14. The topological polar surface area (TPSA) is 50.4 Å². The summed E-state index contributed by atoms with van der Waals surface area (Å²) in [6.45, 7) is 2.79. The molecular formula is C19H18ClN3OS. The molecule has 1 aliphatic rings. The molecule has 128 valence electrons. The number of imidazole rings is 1. The fraction of sp³-hybridized carbons (Fsp3) is 0.263. The van der Waals surface area contributed by atoms with Gasteiger partial charge in [-0.15, -0.1) is 11.3 Å². The Labute approximate surface area is 155 Å². The molecule has 0 saturated carbocycles. The van der Waals surface area contributed by atoms with Crippen LogP contribution in [0.15, 0.2) is 41.5 Å². The number of benzene rings is 1. The Morgan fingerprint density at radius 1 is 1.28 bits per heavy atom. The second-order valence-electron chi connectivity index (χ2n) is 6.05. The summed E-state index contributed by atoms with van der Waals surface area (Å²) in [5.74, 6) is 0.941. The standard InChI is InChI=1S/C19H18ClN3OS/c1-12-10-21-17-11-22-18(14-6-2-3-7-16(14)20)15-9-13(5-4-8-24)25-19(15)23(12)17/h2-3,6-7,9-10,24H,4-5,8,11H2,1H3. The summed E-state index contributed by atoms with van der Waals surface area (Å²) >= 11 is 8.19. The zero-order valence-electron chi connectivity index (χ0n) is 13.9. The minimum atomic E-state index is 0.198. The van der Waals surface area contributed by atoms with Gasteiger partial charge in [0, 0.05) is 39.5 Å². The van der Waals surface area contributed by atoms with Gasteiger partial charge in [0.05, 0.1) is 12.3 Å². The summed E-state index contributed by atoms with van der Waals surface area (Å²) < 4.78 is 2.19. The second kappa shape index (κ2) is 6.75. The van der Waals surface area contributed by atoms with Gasteiger partial charge in [0.2, 0.25) is 0 Å². The van der Waals surface area contributed by atoms with E-state index in [1.807, 2.05) is 30.5 Å². The Morgan fingerprint density at radius 3 is 2.92 bits per heavy atom. The number of fused-ring (bicyclic) bond motifs is 3. The SMILES string of the molecule is Cc1cnc2n1-c1sc(CCCO)cc1C(c1ccccc1Cl)=NC2. The number of hydrogen-bond acceptors (Lipinski definition) is 4. The van der Waals surface area contributed by atoms with Gasteiger partial charge in [-0.3, -0.25) is 9.56 Å². The second-order valence-corrected chi connectivity index (χ2v) is 7.58. The fourth-order valence-electron chi connectivity index (χ4n) is 3.14. The van der Waals surface area contributed by atoms with Crippen LogP contribution in [0.5, 0.6) is 0 Å². The van der Waals surface area contributed by atoms with Crippen LogP contribution in [0.2, 0.25) is 5.02 Å². The largest absolute Gasteiger partial charge is 0.396 e. The molecule has 6 heteroatoms. The lowest BCUT2D eigenvalue weighted by molar-refractivity contribution is 0.289. The molecule has 0 radical (unpaired) electrons. The molecule has 0 saturated heterocycles. The van der Waals surface area contributed by atoms with E-state index in [-0.39, 0.29) is 6.61 Å². The van der Waals surface area contributed by atoms with Gasteiger partial charge in [-0.1, -0.05) is 29.8 Å². The molecule has 0 amide bonds. The Morgan fingerprint density at radius 2 is 2.12 bits per heavy atom. The minimum absolute atomic E-state index is 0.198. The predicted molar refractivity (Wildman–Crippen MR) is 102 cm³/mol. The highest BCUT2D eigenvalue weighted by Gasteiger charge is 2.24. The lowest BCUT2D eigenvalue weighted by Crippen LogP contribution is -2.05. The van der Waals surface area contributed by atoms with Crippen molar-refractivity contribution in [2.45, 2.75) is 26.3 Å². The maximum Gasteiger partial charge on any atom is 0.135 e. The van der Waals surface area contributed by atoms with E-state index in [0.717, 1.165) is 46.2 Å². The zero-order chi connectivity index (χ0) is 17.4. The third kappa shape index (κ3) is 2.92. The molecule has 1 aliphatic heterocycles. The van der Waals surface area contributed by atoms with Gasteiger partial charge < -0.3 is 5.11 Å². The number of aliphatic imine (C=N–C) groups is 1. The summed E-state index contributed by atoms with van der Waals surface area (Å²) in [7, 11) is 0. The Hall–Kier alpha value is -1.95. The highest BCUT2D eigenvalue weighted by atomic mass is 35.5. The summed E-state index contributed by atoms with van der Waals surface area (Å²) in [6.07, 6.45) is 3.50. The van der Waals surface area contributed by atoms with Crippen molar-refractivity contribution in [1.82, 2.24) is 9.55 Å². The normalized spacial score (nSPS) is 13.2. The Balaban J connectivity index is 1.91. The average molecular weight is 372 g/mol. The monoisotopic (exact) mass is 371 g/mol. The molecule has 4 rings (SSSR count). The molecule has 25 heavy (non-hydrogen) atoms. The summed E-state index contributed by atoms with van der Waals surface area (Å²) in [6, 6.07) is 10.0. The van der Waals surface area contributed by atoms with Crippen molar-refractivity contribution >= 4 is 28.6 Å². The molecule has 2 aromatic heterocycles. The van der Waals surface area contributed by atoms with Gasteiger partial charge in [0.1, 0.15) is 10.8 Å². The molecule has 0 fully saturated rings. The van der Waals surface area contributed by atoms with Gasteiger partial charge in [0.15, 0.2) is 0 Å². The van der Waals surface area contributed by atoms with Crippen LogP contribution in [-0.2, 0) is 13.0 Å². The first kappa shape index (κ1) is 16.5. The van der Waals surface area contributed by atoms with Crippen molar-refractivity contribution in [2.24, 2.45) is 4.99 Å². The lowest BCUT2D eigenvalue weighted by atomic mass is 10.0. The molecule has 1 N–H and O–H groups in total. The van der Waals surface area contributed by atoms with Crippen molar-refractivity contribution in [3.05, 3.63) is 69.1 Å². The van der Waals surface area contributed by atoms with Crippen LogP contribution in [0.4, 0.5) is 0 Å². The Kier molecular flexibility index (Phi) is 4.46. The highest BCUT2D eigenvalue weighted by Crippen LogP contribution is 2.35. The van der Waals surface area contributed by atoms with E-state index in [2.05, 4.69) is 22.5 Å². The highest BCUT2D eigenvalue weighted by molar-refractivity contribution is 7.15. The molecule has 0 spiro atoms. The van der Waals surface area contributed by atoms with E-state index >= 15 is 0 Å². The van der Waals surface area contributed by atoms with Crippen LogP contribution in [0.3, 0.4) is 0 Å². The predicted octanol–water partition coefficient (Wildman–Crippen LogP) is 4.17. The van der Waals surface area contributed by atoms with Gasteiger partial charge >= 0.3 is 0 Å². The number of aliphatic hydroxyl groups is 1. The molecule has 0 aliphatic carbocycles. The van der Waals surface area contributed by atoms with E-state index in [1.165, 1.54) is 4.88 Å². The number of aromatic nitrogens is 2. The summed E-state index contributed by atoms with van der Waals surface area (Å²) in [5.41, 5.74) is 4.05. The van der Waals surface area contributed by atoms with Crippen LogP contribution in [-0.4, -0.2) is 27.0 Å². The molecular weight excluding hydrogens is 354 g/mol. The summed E-state index contributed by atoms with van der Waals surface area (Å²) in [5, 5.41) is 11.0. The van der Waals surface area contributed by atoms with Crippen LogP contribution >= 0.6 is 22.9 Å². The van der Waals surface area contributed by atoms with Crippen molar-refractivity contribution < 1.29 is 5.11 Å². The molecule has 3 heterocycles. The molecule has 3 aromatic rings. The van der Waals surface area contributed by atoms with Crippen LogP contribution < -0.4 is 0 Å². The number of aryl methyl sites for hydroxylation is 2. The quantitative estimate of drug-likeness (QED) is 0.748. The van der Waals surface area contributed by atoms with Crippen molar-refractivity contribution in [2.75, 3.05) is 6.61 Å². The Bertz CT molecular complexity index is 957. The molecule has 0 atom stereocenters. The number of hydrogen-bond donors (Lipinski definition) is 1. The van der Waals surface area contributed by atoms with Crippen LogP contribution in [0, 0.1) is 6.92 Å². The van der Waals surface area contributed by atoms with E-state index < -0.39 is 0 Å². The van der Waals surface area contributed by atoms with Gasteiger partial charge in [-0.25, -0.2) is 4.98 Å².